The normalized spacial score (nSPS) is 13.6. The summed E-state index contributed by atoms with van der Waals surface area (Å²) in [6, 6.07) is 11.3. The molecule has 0 atom stereocenters. The highest BCUT2D eigenvalue weighted by Crippen LogP contribution is 2.28. The second-order valence-electron chi connectivity index (χ2n) is 6.43. The van der Waals surface area contributed by atoms with Crippen molar-refractivity contribution in [3.8, 4) is 6.07 Å². The Kier molecular flexibility index (Phi) is 5.83. The minimum atomic E-state index is -0.0318. The van der Waals surface area contributed by atoms with Gasteiger partial charge in [0, 0.05) is 43.6 Å². The second-order valence-corrected chi connectivity index (χ2v) is 6.43. The summed E-state index contributed by atoms with van der Waals surface area (Å²) in [4.78, 5) is 19.3. The number of morpholine rings is 1. The minimum Gasteiger partial charge on any atom is -0.378 e. The highest BCUT2D eigenvalue weighted by Gasteiger charge is 2.23. The number of carbonyl (C=O) groups excluding carboxylic acids is 1. The van der Waals surface area contributed by atoms with Crippen LogP contribution < -0.4 is 5.32 Å². The number of aryl methyl sites for hydroxylation is 1. The molecule has 1 fully saturated rings. The largest absolute Gasteiger partial charge is 0.378 e. The molecule has 1 N–H and O–H groups in total. The van der Waals surface area contributed by atoms with Gasteiger partial charge in [0.05, 0.1) is 35.9 Å². The van der Waals surface area contributed by atoms with Crippen LogP contribution in [0.4, 0.5) is 11.5 Å². The Labute approximate surface area is 168 Å². The number of ether oxygens (including phenoxy) is 1. The van der Waals surface area contributed by atoms with Crippen LogP contribution in [-0.4, -0.2) is 46.7 Å². The van der Waals surface area contributed by atoms with Crippen LogP contribution in [0.5, 0.6) is 0 Å². The third kappa shape index (κ3) is 3.65. The Hall–Kier alpha value is -3.08. The molecule has 4 rings (SSSR count). The summed E-state index contributed by atoms with van der Waals surface area (Å²) in [7, 11) is 1.92. The van der Waals surface area contributed by atoms with Crippen molar-refractivity contribution in [2.45, 2.75) is 0 Å². The molecule has 3 heterocycles. The number of pyridine rings is 1. The number of hydrogen-bond donors (Lipinski definition) is 1. The molecule has 1 amide bonds. The molecule has 28 heavy (non-hydrogen) atoms. The van der Waals surface area contributed by atoms with Crippen molar-refractivity contribution in [2.75, 3.05) is 31.6 Å². The summed E-state index contributed by atoms with van der Waals surface area (Å²) in [5.41, 5.74) is 2.76. The van der Waals surface area contributed by atoms with E-state index in [9.17, 15) is 4.79 Å². The summed E-state index contributed by atoms with van der Waals surface area (Å²) >= 11 is 0. The van der Waals surface area contributed by atoms with E-state index in [1.54, 1.807) is 23.2 Å². The predicted molar refractivity (Wildman–Crippen MR) is 109 cm³/mol. The fourth-order valence-electron chi connectivity index (χ4n) is 3.31. The van der Waals surface area contributed by atoms with Crippen LogP contribution in [0.1, 0.15) is 15.9 Å². The molecule has 0 bridgehead atoms. The van der Waals surface area contributed by atoms with E-state index in [2.05, 4.69) is 16.4 Å². The number of anilines is 2. The molecular weight excluding hydrogens is 378 g/mol. The lowest BCUT2D eigenvalue weighted by atomic mass is 10.1. The van der Waals surface area contributed by atoms with Gasteiger partial charge in [-0.05, 0) is 24.3 Å². The summed E-state index contributed by atoms with van der Waals surface area (Å²) in [6.07, 6.45) is 3.54. The smallest absolute Gasteiger partial charge is 0.257 e. The van der Waals surface area contributed by atoms with Crippen LogP contribution in [0.2, 0.25) is 0 Å². The lowest BCUT2D eigenvalue weighted by Gasteiger charge is -2.27. The average Bonchev–Trinajstić information content (AvgIpc) is 3.11. The van der Waals surface area contributed by atoms with Gasteiger partial charge in [-0.25, -0.2) is 4.98 Å². The number of amides is 1. The van der Waals surface area contributed by atoms with Crippen molar-refractivity contribution in [2.24, 2.45) is 7.05 Å². The SMILES string of the molecule is Cl.Cn1ccc2c(Nc3cccc(C#N)c3)ncc(C(=O)N3CCOCC3)c21. The van der Waals surface area contributed by atoms with E-state index >= 15 is 0 Å². The molecular formula is C20H20ClN5O2. The van der Waals surface area contributed by atoms with Gasteiger partial charge in [-0.2, -0.15) is 5.26 Å². The van der Waals surface area contributed by atoms with E-state index in [0.29, 0.717) is 43.2 Å². The Morgan fingerprint density at radius 1 is 1.29 bits per heavy atom. The van der Waals surface area contributed by atoms with E-state index in [1.807, 2.05) is 36.0 Å². The first kappa shape index (κ1) is 19.7. The van der Waals surface area contributed by atoms with Gasteiger partial charge in [0.2, 0.25) is 0 Å². The Balaban J connectivity index is 0.00000225. The molecule has 0 saturated carbocycles. The van der Waals surface area contributed by atoms with Gasteiger partial charge >= 0.3 is 0 Å². The van der Waals surface area contributed by atoms with Crippen molar-refractivity contribution < 1.29 is 9.53 Å². The average molecular weight is 398 g/mol. The number of aromatic nitrogens is 2. The third-order valence-corrected chi connectivity index (χ3v) is 4.69. The number of fused-ring (bicyclic) bond motifs is 1. The molecule has 1 saturated heterocycles. The molecule has 0 spiro atoms. The van der Waals surface area contributed by atoms with Crippen LogP contribution >= 0.6 is 12.4 Å². The number of nitriles is 1. The van der Waals surface area contributed by atoms with Gasteiger partial charge in [-0.3, -0.25) is 4.79 Å². The molecule has 1 aliphatic heterocycles. The highest BCUT2D eigenvalue weighted by molar-refractivity contribution is 6.08. The van der Waals surface area contributed by atoms with Gasteiger partial charge in [-0.15, -0.1) is 12.4 Å². The first-order valence-electron chi connectivity index (χ1n) is 8.75. The lowest BCUT2D eigenvalue weighted by molar-refractivity contribution is 0.0303. The Morgan fingerprint density at radius 2 is 2.07 bits per heavy atom. The maximum atomic E-state index is 13.0. The number of carbonyl (C=O) groups is 1. The van der Waals surface area contributed by atoms with E-state index in [1.165, 1.54) is 0 Å². The van der Waals surface area contributed by atoms with Crippen LogP contribution in [0.25, 0.3) is 10.9 Å². The van der Waals surface area contributed by atoms with Crippen molar-refractivity contribution in [1.82, 2.24) is 14.5 Å². The molecule has 0 unspecified atom stereocenters. The van der Waals surface area contributed by atoms with Crippen LogP contribution in [0.3, 0.4) is 0 Å². The standard InChI is InChI=1S/C20H19N5O2.ClH/c1-24-6-5-16-18(24)17(20(26)25-7-9-27-10-8-25)13-22-19(16)23-15-4-2-3-14(11-15)12-21;/h2-6,11,13H,7-10H2,1H3,(H,22,23);1H. The predicted octanol–water partition coefficient (Wildman–Crippen LogP) is 3.08. The van der Waals surface area contributed by atoms with Gasteiger partial charge in [0.15, 0.2) is 0 Å². The van der Waals surface area contributed by atoms with E-state index < -0.39 is 0 Å². The maximum Gasteiger partial charge on any atom is 0.257 e. The van der Waals surface area contributed by atoms with Gasteiger partial charge in [0.25, 0.3) is 5.91 Å². The lowest BCUT2D eigenvalue weighted by Crippen LogP contribution is -2.40. The summed E-state index contributed by atoms with van der Waals surface area (Å²) in [5, 5.41) is 13.2. The number of nitrogens with one attached hydrogen (secondary N) is 1. The van der Waals surface area contributed by atoms with Crippen LogP contribution in [-0.2, 0) is 11.8 Å². The van der Waals surface area contributed by atoms with Crippen molar-refractivity contribution >= 4 is 40.7 Å². The van der Waals surface area contributed by atoms with Crippen molar-refractivity contribution in [3.05, 3.63) is 53.9 Å². The molecule has 2 aromatic heterocycles. The first-order valence-corrected chi connectivity index (χ1v) is 8.75. The fourth-order valence-corrected chi connectivity index (χ4v) is 3.31. The number of nitrogens with zero attached hydrogens (tertiary/aromatic N) is 4. The summed E-state index contributed by atoms with van der Waals surface area (Å²) in [5.74, 6) is 0.620. The van der Waals surface area contributed by atoms with Crippen molar-refractivity contribution in [1.29, 1.82) is 5.26 Å². The van der Waals surface area contributed by atoms with E-state index in [-0.39, 0.29) is 18.3 Å². The molecule has 144 valence electrons. The topological polar surface area (TPSA) is 83.2 Å². The number of halogens is 1. The number of hydrogen-bond acceptors (Lipinski definition) is 5. The zero-order chi connectivity index (χ0) is 18.8. The summed E-state index contributed by atoms with van der Waals surface area (Å²) in [6.45, 7) is 2.30. The minimum absolute atomic E-state index is 0. The first-order chi connectivity index (χ1) is 13.2. The molecule has 0 radical (unpaired) electrons. The molecule has 0 aliphatic carbocycles. The number of rotatable bonds is 3. The fraction of sp³-hybridized carbons (Fsp3) is 0.250. The molecule has 1 aliphatic rings. The van der Waals surface area contributed by atoms with Crippen LogP contribution in [0, 0.1) is 11.3 Å². The van der Waals surface area contributed by atoms with E-state index in [0.717, 1.165) is 16.6 Å². The van der Waals surface area contributed by atoms with Crippen LogP contribution in [0.15, 0.2) is 42.7 Å². The van der Waals surface area contributed by atoms with Crippen molar-refractivity contribution in [3.63, 3.8) is 0 Å². The summed E-state index contributed by atoms with van der Waals surface area (Å²) < 4.78 is 7.27. The maximum absolute atomic E-state index is 13.0. The molecule has 7 nitrogen and oxygen atoms in total. The second kappa shape index (κ2) is 8.30. The zero-order valence-corrected chi connectivity index (χ0v) is 16.2. The monoisotopic (exact) mass is 397 g/mol. The molecule has 3 aromatic rings. The van der Waals surface area contributed by atoms with Gasteiger partial charge < -0.3 is 19.5 Å². The Bertz CT molecular complexity index is 1050. The molecule has 1 aromatic carbocycles. The van der Waals surface area contributed by atoms with Gasteiger partial charge in [-0.1, -0.05) is 6.07 Å². The Morgan fingerprint density at radius 3 is 2.82 bits per heavy atom. The third-order valence-electron chi connectivity index (χ3n) is 4.69. The van der Waals surface area contributed by atoms with Gasteiger partial charge in [0.1, 0.15) is 5.82 Å². The van der Waals surface area contributed by atoms with E-state index in [4.69, 9.17) is 10.00 Å². The highest BCUT2D eigenvalue weighted by atomic mass is 35.5. The zero-order valence-electron chi connectivity index (χ0n) is 15.4. The quantitative estimate of drug-likeness (QED) is 0.734. The molecule has 8 heteroatoms. The number of benzene rings is 1.